The van der Waals surface area contributed by atoms with Crippen molar-refractivity contribution in [3.8, 4) is 0 Å². The average molecular weight is 188 g/mol. The van der Waals surface area contributed by atoms with E-state index in [1.54, 1.807) is 11.1 Å². The molecule has 1 aliphatic carbocycles. The van der Waals surface area contributed by atoms with Crippen LogP contribution < -0.4 is 0 Å². The fourth-order valence-corrected chi connectivity index (χ4v) is 2.42. The van der Waals surface area contributed by atoms with Crippen molar-refractivity contribution in [3.05, 3.63) is 34.9 Å². The predicted molar refractivity (Wildman–Crippen MR) is 61.6 cm³/mol. The smallest absolute Gasteiger partial charge is 0.0274 e. The van der Waals surface area contributed by atoms with E-state index < -0.39 is 0 Å². The van der Waals surface area contributed by atoms with E-state index in [9.17, 15) is 0 Å². The van der Waals surface area contributed by atoms with E-state index in [0.29, 0.717) is 0 Å². The summed E-state index contributed by atoms with van der Waals surface area (Å²) < 4.78 is 0. The minimum absolute atomic E-state index is 0.921. The Morgan fingerprint density at radius 2 is 1.93 bits per heavy atom. The maximum atomic E-state index is 2.39. The fraction of sp³-hybridized carbons (Fsp3) is 0.571. The van der Waals surface area contributed by atoms with E-state index in [4.69, 9.17) is 0 Å². The van der Waals surface area contributed by atoms with Crippen molar-refractivity contribution >= 4 is 0 Å². The van der Waals surface area contributed by atoms with E-state index in [1.807, 2.05) is 0 Å². The van der Waals surface area contributed by atoms with Crippen LogP contribution in [0.3, 0.4) is 0 Å². The van der Waals surface area contributed by atoms with Crippen molar-refractivity contribution in [1.82, 2.24) is 0 Å². The Bertz CT molecular complexity index is 312. The lowest BCUT2D eigenvalue weighted by Gasteiger charge is -2.18. The van der Waals surface area contributed by atoms with Gasteiger partial charge in [0.25, 0.3) is 0 Å². The van der Waals surface area contributed by atoms with Gasteiger partial charge in [-0.3, -0.25) is 0 Å². The lowest BCUT2D eigenvalue weighted by Crippen LogP contribution is -2.05. The second-order valence-electron chi connectivity index (χ2n) is 4.81. The normalized spacial score (nSPS) is 22.3. The predicted octanol–water partition coefficient (Wildman–Crippen LogP) is 3.90. The highest BCUT2D eigenvalue weighted by atomic mass is 14.2. The van der Waals surface area contributed by atoms with Gasteiger partial charge in [0.15, 0.2) is 0 Å². The van der Waals surface area contributed by atoms with E-state index in [1.165, 1.54) is 37.7 Å². The molecule has 0 nitrogen and oxygen atoms in total. The minimum atomic E-state index is 0.921. The minimum Gasteiger partial charge on any atom is -0.0625 e. The molecular weight excluding hydrogens is 168 g/mol. The fourth-order valence-electron chi connectivity index (χ4n) is 2.42. The first-order valence-electron chi connectivity index (χ1n) is 5.84. The lowest BCUT2D eigenvalue weighted by molar-refractivity contribution is 0.463. The molecule has 0 amide bonds. The molecule has 1 aromatic rings. The highest BCUT2D eigenvalue weighted by Crippen LogP contribution is 2.24. The van der Waals surface area contributed by atoms with E-state index in [0.717, 1.165) is 5.92 Å². The highest BCUT2D eigenvalue weighted by molar-refractivity contribution is 5.32. The summed E-state index contributed by atoms with van der Waals surface area (Å²) in [5, 5.41) is 0. The standard InChI is InChI=1S/C14H20/c1-11-4-3-5-14-10-12(2)7-9-13(14)8-6-11/h7,9-11H,3-6,8H2,1-2H3. The van der Waals surface area contributed by atoms with Gasteiger partial charge in [-0.2, -0.15) is 0 Å². The third-order valence-electron chi connectivity index (χ3n) is 3.41. The molecule has 0 fully saturated rings. The molecule has 0 spiro atoms. The SMILES string of the molecule is Cc1ccc2c(c1)CCCC(C)CC2. The Kier molecular flexibility index (Phi) is 2.90. The molecule has 0 aromatic heterocycles. The second-order valence-corrected chi connectivity index (χ2v) is 4.81. The average Bonchev–Trinajstić information content (AvgIpc) is 2.13. The van der Waals surface area contributed by atoms with Gasteiger partial charge in [0, 0.05) is 0 Å². The summed E-state index contributed by atoms with van der Waals surface area (Å²) in [6, 6.07) is 6.97. The molecule has 1 unspecified atom stereocenters. The topological polar surface area (TPSA) is 0 Å². The molecule has 0 saturated carbocycles. The summed E-state index contributed by atoms with van der Waals surface area (Å²) in [5.74, 6) is 0.921. The van der Waals surface area contributed by atoms with Crippen LogP contribution in [0.4, 0.5) is 0 Å². The van der Waals surface area contributed by atoms with Crippen molar-refractivity contribution in [1.29, 1.82) is 0 Å². The first-order chi connectivity index (χ1) is 6.75. The van der Waals surface area contributed by atoms with Crippen LogP contribution in [0.15, 0.2) is 18.2 Å². The molecular formula is C14H20. The molecule has 0 heterocycles. The number of aryl methyl sites for hydroxylation is 3. The van der Waals surface area contributed by atoms with Gasteiger partial charge in [0.2, 0.25) is 0 Å². The van der Waals surface area contributed by atoms with E-state index in [-0.39, 0.29) is 0 Å². The van der Waals surface area contributed by atoms with Crippen LogP contribution in [0.1, 0.15) is 42.9 Å². The third kappa shape index (κ3) is 2.17. The third-order valence-corrected chi connectivity index (χ3v) is 3.41. The zero-order valence-electron chi connectivity index (χ0n) is 9.34. The maximum Gasteiger partial charge on any atom is -0.0274 e. The van der Waals surface area contributed by atoms with Crippen LogP contribution in [0.25, 0.3) is 0 Å². The second kappa shape index (κ2) is 4.16. The molecule has 76 valence electrons. The maximum absolute atomic E-state index is 2.39. The van der Waals surface area contributed by atoms with Gasteiger partial charge in [-0.15, -0.1) is 0 Å². The van der Waals surface area contributed by atoms with Crippen molar-refractivity contribution in [2.24, 2.45) is 5.92 Å². The lowest BCUT2D eigenvalue weighted by atomic mass is 9.88. The van der Waals surface area contributed by atoms with Crippen LogP contribution >= 0.6 is 0 Å². The van der Waals surface area contributed by atoms with Gasteiger partial charge in [0.05, 0.1) is 0 Å². The van der Waals surface area contributed by atoms with Crippen molar-refractivity contribution in [3.63, 3.8) is 0 Å². The molecule has 0 aliphatic heterocycles. The van der Waals surface area contributed by atoms with E-state index >= 15 is 0 Å². The number of hydrogen-bond acceptors (Lipinski definition) is 0. The summed E-state index contributed by atoms with van der Waals surface area (Å²) in [4.78, 5) is 0. The van der Waals surface area contributed by atoms with Crippen LogP contribution in [-0.4, -0.2) is 0 Å². The monoisotopic (exact) mass is 188 g/mol. The molecule has 0 heteroatoms. The Labute approximate surface area is 87.3 Å². The molecule has 0 saturated heterocycles. The Morgan fingerprint density at radius 1 is 1.07 bits per heavy atom. The van der Waals surface area contributed by atoms with E-state index in [2.05, 4.69) is 32.0 Å². The van der Waals surface area contributed by atoms with Crippen LogP contribution in [0, 0.1) is 12.8 Å². The first kappa shape index (κ1) is 9.76. The zero-order valence-corrected chi connectivity index (χ0v) is 9.34. The molecule has 0 radical (unpaired) electrons. The molecule has 1 atom stereocenters. The Morgan fingerprint density at radius 3 is 2.79 bits per heavy atom. The number of rotatable bonds is 0. The molecule has 2 rings (SSSR count). The van der Waals surface area contributed by atoms with Gasteiger partial charge in [-0.25, -0.2) is 0 Å². The largest absolute Gasteiger partial charge is 0.0625 e. The molecule has 1 aromatic carbocycles. The zero-order chi connectivity index (χ0) is 9.97. The van der Waals surface area contributed by atoms with Crippen LogP contribution in [0.2, 0.25) is 0 Å². The van der Waals surface area contributed by atoms with Gasteiger partial charge < -0.3 is 0 Å². The molecule has 1 aliphatic rings. The highest BCUT2D eigenvalue weighted by Gasteiger charge is 2.10. The summed E-state index contributed by atoms with van der Waals surface area (Å²) in [6.45, 7) is 4.58. The molecule has 0 N–H and O–H groups in total. The van der Waals surface area contributed by atoms with Crippen molar-refractivity contribution < 1.29 is 0 Å². The van der Waals surface area contributed by atoms with Crippen LogP contribution in [-0.2, 0) is 12.8 Å². The van der Waals surface area contributed by atoms with Crippen molar-refractivity contribution in [2.45, 2.75) is 46.0 Å². The Balaban J connectivity index is 2.24. The number of hydrogen-bond donors (Lipinski definition) is 0. The van der Waals surface area contributed by atoms with Gasteiger partial charge in [0.1, 0.15) is 0 Å². The molecule has 14 heavy (non-hydrogen) atoms. The van der Waals surface area contributed by atoms with Gasteiger partial charge >= 0.3 is 0 Å². The number of fused-ring (bicyclic) bond motifs is 1. The first-order valence-corrected chi connectivity index (χ1v) is 5.84. The summed E-state index contributed by atoms with van der Waals surface area (Å²) in [7, 11) is 0. The van der Waals surface area contributed by atoms with Crippen molar-refractivity contribution in [2.75, 3.05) is 0 Å². The Hall–Kier alpha value is -0.780. The van der Waals surface area contributed by atoms with Gasteiger partial charge in [-0.1, -0.05) is 37.1 Å². The molecule has 0 bridgehead atoms. The summed E-state index contributed by atoms with van der Waals surface area (Å²) in [6.07, 6.45) is 6.74. The van der Waals surface area contributed by atoms with Gasteiger partial charge in [-0.05, 0) is 49.7 Å². The quantitative estimate of drug-likeness (QED) is 0.579. The number of benzene rings is 1. The summed E-state index contributed by atoms with van der Waals surface area (Å²) >= 11 is 0. The van der Waals surface area contributed by atoms with Crippen LogP contribution in [0.5, 0.6) is 0 Å². The summed E-state index contributed by atoms with van der Waals surface area (Å²) in [5.41, 5.74) is 4.62.